The van der Waals surface area contributed by atoms with Crippen molar-refractivity contribution in [3.8, 4) is 0 Å². The summed E-state index contributed by atoms with van der Waals surface area (Å²) < 4.78 is 5.61. The fraction of sp³-hybridized carbons (Fsp3) is 0.500. The molecular weight excluding hydrogens is 214 g/mol. The Morgan fingerprint density at radius 1 is 1.29 bits per heavy atom. The van der Waals surface area contributed by atoms with Crippen LogP contribution >= 0.6 is 0 Å². The van der Waals surface area contributed by atoms with Gasteiger partial charge in [0.1, 0.15) is 0 Å². The predicted molar refractivity (Wildman–Crippen MR) is 67.2 cm³/mol. The van der Waals surface area contributed by atoms with Crippen molar-refractivity contribution in [3.05, 3.63) is 35.9 Å². The number of hydrogen-bond acceptors (Lipinski definition) is 3. The first-order valence-corrected chi connectivity index (χ1v) is 6.10. The number of Topliss-reactive ketones (excluding diaryl/α,β-unsaturated/α-hetero) is 1. The Hall–Kier alpha value is -1.19. The average molecular weight is 233 g/mol. The van der Waals surface area contributed by atoms with Gasteiger partial charge in [0.15, 0.2) is 5.78 Å². The van der Waals surface area contributed by atoms with E-state index in [9.17, 15) is 4.79 Å². The van der Waals surface area contributed by atoms with Crippen LogP contribution in [0.2, 0.25) is 0 Å². The van der Waals surface area contributed by atoms with Crippen LogP contribution in [0.25, 0.3) is 0 Å². The molecule has 1 heterocycles. The minimum Gasteiger partial charge on any atom is -0.378 e. The molecule has 1 saturated heterocycles. The second-order valence-electron chi connectivity index (χ2n) is 4.60. The number of piperidine rings is 1. The van der Waals surface area contributed by atoms with E-state index in [0.717, 1.165) is 31.5 Å². The van der Waals surface area contributed by atoms with Gasteiger partial charge in [0.05, 0.1) is 5.60 Å². The molecule has 2 rings (SSSR count). The molecule has 0 atom stereocenters. The molecule has 0 radical (unpaired) electrons. The topological polar surface area (TPSA) is 38.3 Å². The lowest BCUT2D eigenvalue weighted by Crippen LogP contribution is -2.44. The average Bonchev–Trinajstić information content (AvgIpc) is 2.41. The molecule has 0 spiro atoms. The van der Waals surface area contributed by atoms with Gasteiger partial charge in [0, 0.05) is 19.1 Å². The Balaban J connectivity index is 2.06. The minimum atomic E-state index is -0.266. The van der Waals surface area contributed by atoms with E-state index >= 15 is 0 Å². The highest BCUT2D eigenvalue weighted by Gasteiger charge is 2.34. The number of ketones is 1. The van der Waals surface area contributed by atoms with Crippen LogP contribution in [0.5, 0.6) is 0 Å². The van der Waals surface area contributed by atoms with Crippen molar-refractivity contribution in [2.75, 3.05) is 20.2 Å². The summed E-state index contributed by atoms with van der Waals surface area (Å²) in [6, 6.07) is 9.46. The standard InChI is InChI=1S/C14H19NO2/c1-17-14(7-9-15-10-8-14)11-13(16)12-5-3-2-4-6-12/h2-6,15H,7-11H2,1H3. The Bertz CT molecular complexity index is 369. The van der Waals surface area contributed by atoms with Crippen molar-refractivity contribution in [1.82, 2.24) is 5.32 Å². The first-order chi connectivity index (χ1) is 8.26. The fourth-order valence-electron chi connectivity index (χ4n) is 2.35. The molecule has 0 aromatic heterocycles. The second kappa shape index (κ2) is 5.43. The van der Waals surface area contributed by atoms with Crippen LogP contribution in [0, 0.1) is 0 Å². The number of carbonyl (C=O) groups is 1. The van der Waals surface area contributed by atoms with Gasteiger partial charge in [0.2, 0.25) is 0 Å². The summed E-state index contributed by atoms with van der Waals surface area (Å²) in [6.45, 7) is 1.85. The summed E-state index contributed by atoms with van der Waals surface area (Å²) in [6.07, 6.45) is 2.29. The van der Waals surface area contributed by atoms with E-state index in [2.05, 4.69) is 5.32 Å². The summed E-state index contributed by atoms with van der Waals surface area (Å²) in [5.74, 6) is 0.175. The quantitative estimate of drug-likeness (QED) is 0.809. The molecule has 1 aliphatic heterocycles. The van der Waals surface area contributed by atoms with Gasteiger partial charge in [-0.25, -0.2) is 0 Å². The monoisotopic (exact) mass is 233 g/mol. The Morgan fingerprint density at radius 2 is 1.94 bits per heavy atom. The highest BCUT2D eigenvalue weighted by atomic mass is 16.5. The Labute approximate surface area is 102 Å². The summed E-state index contributed by atoms with van der Waals surface area (Å²) in [7, 11) is 1.71. The van der Waals surface area contributed by atoms with Gasteiger partial charge < -0.3 is 10.1 Å². The number of benzene rings is 1. The molecular formula is C14H19NO2. The summed E-state index contributed by atoms with van der Waals surface area (Å²) in [5, 5.41) is 3.30. The number of nitrogens with one attached hydrogen (secondary N) is 1. The van der Waals surface area contributed by atoms with Gasteiger partial charge >= 0.3 is 0 Å². The maximum Gasteiger partial charge on any atom is 0.165 e. The lowest BCUT2D eigenvalue weighted by atomic mass is 9.85. The van der Waals surface area contributed by atoms with Crippen molar-refractivity contribution < 1.29 is 9.53 Å². The van der Waals surface area contributed by atoms with Crippen LogP contribution in [-0.2, 0) is 4.74 Å². The molecule has 17 heavy (non-hydrogen) atoms. The van der Waals surface area contributed by atoms with E-state index in [1.54, 1.807) is 7.11 Å². The molecule has 92 valence electrons. The fourth-order valence-corrected chi connectivity index (χ4v) is 2.35. The molecule has 1 N–H and O–H groups in total. The molecule has 0 aliphatic carbocycles. The molecule has 1 fully saturated rings. The first-order valence-electron chi connectivity index (χ1n) is 6.10. The lowest BCUT2D eigenvalue weighted by molar-refractivity contribution is -0.0345. The normalized spacial score (nSPS) is 18.9. The maximum absolute atomic E-state index is 12.2. The van der Waals surface area contributed by atoms with Crippen LogP contribution in [-0.4, -0.2) is 31.6 Å². The van der Waals surface area contributed by atoms with Gasteiger partial charge in [-0.1, -0.05) is 30.3 Å². The largest absolute Gasteiger partial charge is 0.378 e. The summed E-state index contributed by atoms with van der Waals surface area (Å²) >= 11 is 0. The van der Waals surface area contributed by atoms with Crippen LogP contribution in [0.4, 0.5) is 0 Å². The molecule has 0 amide bonds. The zero-order valence-electron chi connectivity index (χ0n) is 10.2. The molecule has 0 bridgehead atoms. The van der Waals surface area contributed by atoms with E-state index in [-0.39, 0.29) is 11.4 Å². The first kappa shape index (κ1) is 12.3. The molecule has 3 nitrogen and oxygen atoms in total. The lowest BCUT2D eigenvalue weighted by Gasteiger charge is -2.35. The summed E-state index contributed by atoms with van der Waals surface area (Å²) in [4.78, 5) is 12.2. The van der Waals surface area contributed by atoms with Crippen molar-refractivity contribution in [2.24, 2.45) is 0 Å². The smallest absolute Gasteiger partial charge is 0.165 e. The maximum atomic E-state index is 12.2. The second-order valence-corrected chi connectivity index (χ2v) is 4.60. The van der Waals surface area contributed by atoms with Gasteiger partial charge in [-0.2, -0.15) is 0 Å². The number of hydrogen-bond donors (Lipinski definition) is 1. The number of carbonyl (C=O) groups excluding carboxylic acids is 1. The molecule has 1 aromatic carbocycles. The van der Waals surface area contributed by atoms with Crippen LogP contribution in [0.15, 0.2) is 30.3 Å². The highest BCUT2D eigenvalue weighted by Crippen LogP contribution is 2.27. The van der Waals surface area contributed by atoms with Gasteiger partial charge in [0.25, 0.3) is 0 Å². The number of rotatable bonds is 4. The van der Waals surface area contributed by atoms with E-state index in [4.69, 9.17) is 4.74 Å². The van der Waals surface area contributed by atoms with E-state index < -0.39 is 0 Å². The highest BCUT2D eigenvalue weighted by molar-refractivity contribution is 5.96. The molecule has 1 aliphatic rings. The van der Waals surface area contributed by atoms with Gasteiger partial charge in [-0.3, -0.25) is 4.79 Å². The zero-order valence-corrected chi connectivity index (χ0v) is 10.2. The van der Waals surface area contributed by atoms with Crippen LogP contribution in [0.3, 0.4) is 0 Å². The van der Waals surface area contributed by atoms with E-state index in [0.29, 0.717) is 6.42 Å². The van der Waals surface area contributed by atoms with Crippen LogP contribution in [0.1, 0.15) is 29.6 Å². The summed E-state index contributed by atoms with van der Waals surface area (Å²) in [5.41, 5.74) is 0.514. The number of methoxy groups -OCH3 is 1. The van der Waals surface area contributed by atoms with Gasteiger partial charge in [-0.15, -0.1) is 0 Å². The molecule has 0 saturated carbocycles. The third-order valence-corrected chi connectivity index (χ3v) is 3.53. The van der Waals surface area contributed by atoms with Crippen molar-refractivity contribution in [2.45, 2.75) is 24.9 Å². The third kappa shape index (κ3) is 2.93. The molecule has 1 aromatic rings. The third-order valence-electron chi connectivity index (χ3n) is 3.53. The van der Waals surface area contributed by atoms with Crippen molar-refractivity contribution >= 4 is 5.78 Å². The SMILES string of the molecule is COC1(CC(=O)c2ccccc2)CCNCC1. The molecule has 3 heteroatoms. The van der Waals surface area contributed by atoms with Crippen LogP contribution < -0.4 is 5.32 Å². The zero-order chi connectivity index (χ0) is 12.1. The van der Waals surface area contributed by atoms with Crippen molar-refractivity contribution in [3.63, 3.8) is 0 Å². The Morgan fingerprint density at radius 3 is 2.53 bits per heavy atom. The van der Waals surface area contributed by atoms with E-state index in [1.807, 2.05) is 30.3 Å². The predicted octanol–water partition coefficient (Wildman–Crippen LogP) is 2.03. The Kier molecular flexibility index (Phi) is 3.92. The van der Waals surface area contributed by atoms with Gasteiger partial charge in [-0.05, 0) is 25.9 Å². The molecule has 0 unspecified atom stereocenters. The van der Waals surface area contributed by atoms with Crippen molar-refractivity contribution in [1.29, 1.82) is 0 Å². The number of ether oxygens (including phenoxy) is 1. The van der Waals surface area contributed by atoms with E-state index in [1.165, 1.54) is 0 Å². The minimum absolute atomic E-state index is 0.175.